The minimum atomic E-state index is -1.23. The lowest BCUT2D eigenvalue weighted by molar-refractivity contribution is -0.139. The fourth-order valence-corrected chi connectivity index (χ4v) is 1.07. The van der Waals surface area contributed by atoms with Gasteiger partial charge in [0, 0.05) is 6.42 Å². The first-order chi connectivity index (χ1) is 6.65. The van der Waals surface area contributed by atoms with Gasteiger partial charge in [0.1, 0.15) is 11.7 Å². The van der Waals surface area contributed by atoms with Gasteiger partial charge in [0.05, 0.1) is 6.07 Å². The zero-order chi connectivity index (χ0) is 10.6. The number of nitriles is 1. The van der Waals surface area contributed by atoms with Crippen LogP contribution in [0.15, 0.2) is 24.3 Å². The third kappa shape index (κ3) is 2.30. The van der Waals surface area contributed by atoms with Crippen LogP contribution in [0.3, 0.4) is 0 Å². The van der Waals surface area contributed by atoms with Gasteiger partial charge in [-0.15, -0.1) is 0 Å². The van der Waals surface area contributed by atoms with Gasteiger partial charge in [0.25, 0.3) is 0 Å². The van der Waals surface area contributed by atoms with Gasteiger partial charge in [-0.05, 0) is 11.6 Å². The minimum Gasteiger partial charge on any atom is -0.480 e. The summed E-state index contributed by atoms with van der Waals surface area (Å²) < 4.78 is 13.0. The van der Waals surface area contributed by atoms with Crippen LogP contribution in [0.2, 0.25) is 0 Å². The topological polar surface area (TPSA) is 61.1 Å². The summed E-state index contributed by atoms with van der Waals surface area (Å²) in [5, 5.41) is 17.1. The van der Waals surface area contributed by atoms with Crippen molar-refractivity contribution in [1.29, 1.82) is 5.26 Å². The molecule has 0 bridgehead atoms. The third-order valence-corrected chi connectivity index (χ3v) is 1.84. The Morgan fingerprint density at radius 1 is 1.57 bits per heavy atom. The monoisotopic (exact) mass is 193 g/mol. The standard InChI is InChI=1S/C10H8FNO2/c11-9-4-2-1-3-7(9)5-8(6-12)10(13)14/h1-4,8H,5H2,(H,13,14)/t8-/m0/s1. The smallest absolute Gasteiger partial charge is 0.321 e. The van der Waals surface area contributed by atoms with Crippen LogP contribution in [0.5, 0.6) is 0 Å². The fourth-order valence-electron chi connectivity index (χ4n) is 1.07. The Labute approximate surface area is 80.4 Å². The Bertz CT molecular complexity index is 384. The van der Waals surface area contributed by atoms with E-state index in [-0.39, 0.29) is 12.0 Å². The van der Waals surface area contributed by atoms with Crippen LogP contribution in [0.1, 0.15) is 5.56 Å². The molecule has 0 saturated heterocycles. The summed E-state index contributed by atoms with van der Waals surface area (Å²) in [7, 11) is 0. The van der Waals surface area contributed by atoms with Crippen molar-refractivity contribution in [3.05, 3.63) is 35.6 Å². The van der Waals surface area contributed by atoms with Crippen molar-refractivity contribution < 1.29 is 14.3 Å². The highest BCUT2D eigenvalue weighted by Crippen LogP contribution is 2.12. The van der Waals surface area contributed by atoms with Crippen LogP contribution >= 0.6 is 0 Å². The molecule has 4 heteroatoms. The number of hydrogen-bond donors (Lipinski definition) is 1. The summed E-state index contributed by atoms with van der Waals surface area (Å²) in [5.41, 5.74) is 0.251. The van der Waals surface area contributed by atoms with E-state index < -0.39 is 17.7 Å². The summed E-state index contributed by atoms with van der Waals surface area (Å²) in [5.74, 6) is -2.89. The Balaban J connectivity index is 2.84. The second-order valence-corrected chi connectivity index (χ2v) is 2.82. The van der Waals surface area contributed by atoms with Crippen LogP contribution in [-0.4, -0.2) is 11.1 Å². The van der Waals surface area contributed by atoms with E-state index in [1.54, 1.807) is 12.1 Å². The van der Waals surface area contributed by atoms with Crippen LogP contribution < -0.4 is 0 Å². The summed E-state index contributed by atoms with van der Waals surface area (Å²) in [6.45, 7) is 0. The molecular weight excluding hydrogens is 185 g/mol. The van der Waals surface area contributed by atoms with Gasteiger partial charge >= 0.3 is 5.97 Å². The van der Waals surface area contributed by atoms with Crippen molar-refractivity contribution in [3.63, 3.8) is 0 Å². The SMILES string of the molecule is N#C[C@H](Cc1ccccc1F)C(=O)O. The van der Waals surface area contributed by atoms with E-state index >= 15 is 0 Å². The zero-order valence-corrected chi connectivity index (χ0v) is 7.27. The number of carbonyl (C=O) groups is 1. The molecule has 0 heterocycles. The second-order valence-electron chi connectivity index (χ2n) is 2.82. The van der Waals surface area contributed by atoms with E-state index in [1.807, 2.05) is 0 Å². The van der Waals surface area contributed by atoms with Crippen molar-refractivity contribution in [2.75, 3.05) is 0 Å². The largest absolute Gasteiger partial charge is 0.480 e. The number of aliphatic carboxylic acids is 1. The molecule has 1 N–H and O–H groups in total. The highest BCUT2D eigenvalue weighted by Gasteiger charge is 2.18. The van der Waals surface area contributed by atoms with Gasteiger partial charge in [-0.25, -0.2) is 4.39 Å². The van der Waals surface area contributed by atoms with Crippen molar-refractivity contribution in [1.82, 2.24) is 0 Å². The van der Waals surface area contributed by atoms with Gasteiger partial charge in [0.2, 0.25) is 0 Å². The number of rotatable bonds is 3. The van der Waals surface area contributed by atoms with Gasteiger partial charge in [-0.2, -0.15) is 5.26 Å². The highest BCUT2D eigenvalue weighted by atomic mass is 19.1. The first-order valence-corrected chi connectivity index (χ1v) is 4.01. The summed E-state index contributed by atoms with van der Waals surface area (Å²) in [6.07, 6.45) is -0.0987. The van der Waals surface area contributed by atoms with Crippen molar-refractivity contribution >= 4 is 5.97 Å². The van der Waals surface area contributed by atoms with E-state index in [9.17, 15) is 9.18 Å². The first-order valence-electron chi connectivity index (χ1n) is 4.01. The summed E-state index contributed by atoms with van der Waals surface area (Å²) in [6, 6.07) is 7.45. The lowest BCUT2D eigenvalue weighted by atomic mass is 10.0. The van der Waals surface area contributed by atoms with Crippen LogP contribution in [0.25, 0.3) is 0 Å². The van der Waals surface area contributed by atoms with Gasteiger partial charge in [0.15, 0.2) is 0 Å². The maximum atomic E-state index is 13.0. The van der Waals surface area contributed by atoms with Crippen LogP contribution in [-0.2, 0) is 11.2 Å². The number of nitrogens with zero attached hydrogens (tertiary/aromatic N) is 1. The molecule has 1 aromatic rings. The normalized spacial score (nSPS) is 11.7. The molecule has 1 aromatic carbocycles. The lowest BCUT2D eigenvalue weighted by Gasteiger charge is -2.04. The van der Waals surface area contributed by atoms with Crippen LogP contribution in [0.4, 0.5) is 4.39 Å². The van der Waals surface area contributed by atoms with E-state index in [0.29, 0.717) is 0 Å². The van der Waals surface area contributed by atoms with Crippen molar-refractivity contribution in [3.8, 4) is 6.07 Å². The van der Waals surface area contributed by atoms with Crippen molar-refractivity contribution in [2.45, 2.75) is 6.42 Å². The number of benzene rings is 1. The molecule has 1 rings (SSSR count). The Morgan fingerprint density at radius 3 is 2.71 bits per heavy atom. The van der Waals surface area contributed by atoms with Gasteiger partial charge < -0.3 is 5.11 Å². The minimum absolute atomic E-state index is 0.0987. The Kier molecular flexibility index (Phi) is 3.19. The summed E-state index contributed by atoms with van der Waals surface area (Å²) >= 11 is 0. The third-order valence-electron chi connectivity index (χ3n) is 1.84. The molecule has 0 aliphatic heterocycles. The number of halogens is 1. The quantitative estimate of drug-likeness (QED) is 0.792. The van der Waals surface area contributed by atoms with Crippen LogP contribution in [0, 0.1) is 23.1 Å². The zero-order valence-electron chi connectivity index (χ0n) is 7.27. The molecule has 0 spiro atoms. The molecule has 0 unspecified atom stereocenters. The van der Waals surface area contributed by atoms with E-state index in [4.69, 9.17) is 10.4 Å². The predicted molar refractivity (Wildman–Crippen MR) is 46.8 cm³/mol. The molecule has 1 atom stereocenters. The number of hydrogen-bond acceptors (Lipinski definition) is 2. The molecule has 0 saturated carbocycles. The average molecular weight is 193 g/mol. The maximum Gasteiger partial charge on any atom is 0.321 e. The number of carboxylic acids is 1. The Morgan fingerprint density at radius 2 is 2.21 bits per heavy atom. The fraction of sp³-hybridized carbons (Fsp3) is 0.200. The predicted octanol–water partition coefficient (Wildman–Crippen LogP) is 1.59. The average Bonchev–Trinajstić information content (AvgIpc) is 2.16. The van der Waals surface area contributed by atoms with E-state index in [1.165, 1.54) is 18.2 Å². The maximum absolute atomic E-state index is 13.0. The molecule has 72 valence electrons. The molecule has 0 aliphatic rings. The van der Waals surface area contributed by atoms with E-state index in [2.05, 4.69) is 0 Å². The lowest BCUT2D eigenvalue weighted by Crippen LogP contribution is -2.14. The molecule has 0 amide bonds. The molecule has 0 fully saturated rings. The molecule has 0 aromatic heterocycles. The first kappa shape index (κ1) is 10.2. The molecule has 14 heavy (non-hydrogen) atoms. The van der Waals surface area contributed by atoms with Crippen molar-refractivity contribution in [2.24, 2.45) is 5.92 Å². The molecule has 3 nitrogen and oxygen atoms in total. The second kappa shape index (κ2) is 4.38. The summed E-state index contributed by atoms with van der Waals surface area (Å²) in [4.78, 5) is 10.5. The molecule has 0 aliphatic carbocycles. The molecular formula is C10H8FNO2. The Hall–Kier alpha value is -1.89. The number of carboxylic acid groups (broad SMARTS) is 1. The highest BCUT2D eigenvalue weighted by molar-refractivity contribution is 5.73. The van der Waals surface area contributed by atoms with E-state index in [0.717, 1.165) is 0 Å². The van der Waals surface area contributed by atoms with Gasteiger partial charge in [-0.3, -0.25) is 4.79 Å². The molecule has 0 radical (unpaired) electrons. The van der Waals surface area contributed by atoms with Gasteiger partial charge in [-0.1, -0.05) is 18.2 Å².